The number of pyridine rings is 1. The molecule has 2 amide bonds. The Bertz CT molecular complexity index is 2690. The van der Waals surface area contributed by atoms with Gasteiger partial charge in [-0.05, 0) is 115 Å². The van der Waals surface area contributed by atoms with Crippen molar-refractivity contribution >= 4 is 28.7 Å². The number of carbonyl (C=O) groups excluding carboxylic acids is 3. The summed E-state index contributed by atoms with van der Waals surface area (Å²) < 4.78 is 11.6. The molecule has 6 N–H and O–H groups in total. The summed E-state index contributed by atoms with van der Waals surface area (Å²) in [6, 6.07) is 35.7. The molecule has 1 atom stereocenters. The molecule has 0 bridgehead atoms. The molecule has 14 heteroatoms. The van der Waals surface area contributed by atoms with Crippen LogP contribution in [0.1, 0.15) is 51.6 Å². The average Bonchev–Trinajstić information content (AvgIpc) is 3.31. The van der Waals surface area contributed by atoms with Gasteiger partial charge in [0.15, 0.2) is 6.61 Å². The molecule has 0 radical (unpaired) electrons. The van der Waals surface area contributed by atoms with Crippen molar-refractivity contribution < 1.29 is 39.2 Å². The van der Waals surface area contributed by atoms with Crippen LogP contribution < -0.4 is 20.9 Å². The van der Waals surface area contributed by atoms with Crippen molar-refractivity contribution in [2.75, 3.05) is 52.5 Å². The standard InChI is InChI=1S/C52H55N5O9/c58-44-11-5-9-39(27-49(63)66-32-36-21-24-56(25-22-36)29-35-6-2-1-3-7-35)50(44)38-8-4-10-41(26-38)65-33-48(62)54-40-30-57(31-40)52(64)37-14-12-34(13-15-37)20-23-53-28-46(60)42-16-18-45(59)51-43(42)17-19-47(61)55-51/h1-19,26,36,40,46,53,58-60H,20-25,27-33H2,(H,54,62)(H,55,61)/t46-/m0/s1. The smallest absolute Gasteiger partial charge is 0.310 e. The Kier molecular flexibility index (Phi) is 14.7. The number of aromatic hydroxyl groups is 2. The number of amides is 2. The lowest BCUT2D eigenvalue weighted by Gasteiger charge is -2.39. The van der Waals surface area contributed by atoms with Crippen molar-refractivity contribution in [3.63, 3.8) is 0 Å². The van der Waals surface area contributed by atoms with Crippen LogP contribution >= 0.6 is 0 Å². The number of piperidine rings is 1. The van der Waals surface area contributed by atoms with Gasteiger partial charge in [-0.15, -0.1) is 0 Å². The molecule has 2 aliphatic heterocycles. The summed E-state index contributed by atoms with van der Waals surface area (Å²) in [6.45, 7) is 4.53. The zero-order chi connectivity index (χ0) is 46.0. The van der Waals surface area contributed by atoms with E-state index in [1.165, 1.54) is 17.7 Å². The normalized spacial score (nSPS) is 15.0. The number of benzene rings is 5. The number of nitrogens with zero attached hydrogens (tertiary/aromatic N) is 2. The van der Waals surface area contributed by atoms with Crippen LogP contribution in [0, 0.1) is 5.92 Å². The Hall–Kier alpha value is -7.00. The molecule has 14 nitrogen and oxygen atoms in total. The number of aliphatic hydroxyl groups excluding tert-OH is 1. The highest BCUT2D eigenvalue weighted by Crippen LogP contribution is 2.35. The van der Waals surface area contributed by atoms with E-state index in [0.717, 1.165) is 38.0 Å². The molecule has 0 saturated carbocycles. The van der Waals surface area contributed by atoms with Gasteiger partial charge in [-0.25, -0.2) is 0 Å². The number of ether oxygens (including phenoxy) is 2. The quantitative estimate of drug-likeness (QED) is 0.0472. The summed E-state index contributed by atoms with van der Waals surface area (Å²) in [5.41, 5.74) is 5.14. The van der Waals surface area contributed by atoms with E-state index in [1.54, 1.807) is 65.6 Å². The molecule has 0 unspecified atom stereocenters. The molecule has 0 aliphatic carbocycles. The summed E-state index contributed by atoms with van der Waals surface area (Å²) in [5.74, 6) is -0.133. The highest BCUT2D eigenvalue weighted by molar-refractivity contribution is 5.95. The molecular formula is C52H55N5O9. The van der Waals surface area contributed by atoms with E-state index in [-0.39, 0.29) is 66.0 Å². The van der Waals surface area contributed by atoms with Gasteiger partial charge in [0.1, 0.15) is 17.2 Å². The van der Waals surface area contributed by atoms with Crippen LogP contribution in [0.25, 0.3) is 22.0 Å². The Morgan fingerprint density at radius 3 is 2.38 bits per heavy atom. The number of hydrogen-bond donors (Lipinski definition) is 6. The first-order chi connectivity index (χ1) is 32.1. The number of phenols is 2. The maximum atomic E-state index is 13.2. The second-order valence-corrected chi connectivity index (χ2v) is 17.1. The summed E-state index contributed by atoms with van der Waals surface area (Å²) >= 11 is 0. The van der Waals surface area contributed by atoms with Gasteiger partial charge in [-0.1, -0.05) is 72.8 Å². The van der Waals surface area contributed by atoms with Crippen LogP contribution in [0.5, 0.6) is 17.2 Å². The fraction of sp³-hybridized carbons (Fsp3) is 0.308. The molecule has 5 aromatic carbocycles. The molecule has 0 spiro atoms. The fourth-order valence-corrected chi connectivity index (χ4v) is 8.66. The number of aromatic nitrogens is 1. The third-order valence-electron chi connectivity index (χ3n) is 12.3. The number of esters is 1. The highest BCUT2D eigenvalue weighted by atomic mass is 16.5. The summed E-state index contributed by atoms with van der Waals surface area (Å²) in [5, 5.41) is 38.6. The molecule has 2 saturated heterocycles. The van der Waals surface area contributed by atoms with Crippen LogP contribution in [-0.4, -0.2) is 106 Å². The van der Waals surface area contributed by atoms with Crippen LogP contribution in [-0.2, 0) is 33.7 Å². The monoisotopic (exact) mass is 893 g/mol. The van der Waals surface area contributed by atoms with Crippen molar-refractivity contribution in [2.45, 2.75) is 44.4 Å². The second kappa shape index (κ2) is 21.3. The van der Waals surface area contributed by atoms with E-state index >= 15 is 0 Å². The minimum Gasteiger partial charge on any atom is -0.507 e. The zero-order valence-corrected chi connectivity index (χ0v) is 36.7. The lowest BCUT2D eigenvalue weighted by molar-refractivity contribution is -0.144. The predicted octanol–water partition coefficient (Wildman–Crippen LogP) is 5.49. The van der Waals surface area contributed by atoms with E-state index in [1.807, 2.05) is 24.3 Å². The van der Waals surface area contributed by atoms with E-state index in [0.29, 0.717) is 77.5 Å². The summed E-state index contributed by atoms with van der Waals surface area (Å²) in [6.07, 6.45) is 1.73. The number of H-pyrrole nitrogens is 1. The average molecular weight is 894 g/mol. The van der Waals surface area contributed by atoms with Crippen molar-refractivity contribution in [2.24, 2.45) is 5.92 Å². The maximum absolute atomic E-state index is 13.2. The van der Waals surface area contributed by atoms with E-state index in [2.05, 4.69) is 44.8 Å². The maximum Gasteiger partial charge on any atom is 0.310 e. The van der Waals surface area contributed by atoms with Crippen molar-refractivity contribution in [3.05, 3.63) is 159 Å². The highest BCUT2D eigenvalue weighted by Gasteiger charge is 2.32. The number of nitrogens with one attached hydrogen (secondary N) is 3. The van der Waals surface area contributed by atoms with Gasteiger partial charge in [0, 0.05) is 48.8 Å². The van der Waals surface area contributed by atoms with Crippen LogP contribution in [0.2, 0.25) is 0 Å². The topological polar surface area (TPSA) is 194 Å². The zero-order valence-electron chi connectivity index (χ0n) is 36.7. The first-order valence-corrected chi connectivity index (χ1v) is 22.4. The molecule has 8 rings (SSSR count). The molecular weight excluding hydrogens is 839 g/mol. The molecule has 66 heavy (non-hydrogen) atoms. The van der Waals surface area contributed by atoms with Gasteiger partial charge in [-0.3, -0.25) is 24.1 Å². The number of likely N-dealkylation sites (tertiary alicyclic amines) is 2. The molecule has 6 aromatic rings. The minimum atomic E-state index is -0.861. The lowest BCUT2D eigenvalue weighted by atomic mass is 9.96. The molecule has 2 fully saturated rings. The van der Waals surface area contributed by atoms with Gasteiger partial charge >= 0.3 is 5.97 Å². The molecule has 342 valence electrons. The van der Waals surface area contributed by atoms with Crippen molar-refractivity contribution in [3.8, 4) is 28.4 Å². The van der Waals surface area contributed by atoms with Crippen molar-refractivity contribution in [1.29, 1.82) is 0 Å². The van der Waals surface area contributed by atoms with E-state index in [4.69, 9.17) is 9.47 Å². The summed E-state index contributed by atoms with van der Waals surface area (Å²) in [4.78, 5) is 57.5. The molecule has 1 aromatic heterocycles. The second-order valence-electron chi connectivity index (χ2n) is 17.1. The van der Waals surface area contributed by atoms with Crippen LogP contribution in [0.15, 0.2) is 126 Å². The number of aromatic amines is 1. The molecule has 2 aliphatic rings. The predicted molar refractivity (Wildman–Crippen MR) is 250 cm³/mol. The first-order valence-electron chi connectivity index (χ1n) is 22.4. The SMILES string of the molecule is O=C(COc1cccc(-c2c(O)cccc2CC(=O)OCC2CCN(Cc3ccccc3)CC2)c1)NC1CN(C(=O)c2ccc(CCNC[C@H](O)c3ccc(O)c4[nH]c(=O)ccc34)cc2)C1. The number of hydrogen-bond acceptors (Lipinski definition) is 11. The van der Waals surface area contributed by atoms with Gasteiger partial charge in [0.2, 0.25) is 5.56 Å². The van der Waals surface area contributed by atoms with Crippen molar-refractivity contribution in [1.82, 2.24) is 25.4 Å². The lowest BCUT2D eigenvalue weighted by Crippen LogP contribution is -2.61. The van der Waals surface area contributed by atoms with E-state index < -0.39 is 6.10 Å². The number of fused-ring (bicyclic) bond motifs is 1. The first kappa shape index (κ1) is 45.6. The fourth-order valence-electron chi connectivity index (χ4n) is 8.66. The third kappa shape index (κ3) is 11.6. The Balaban J connectivity index is 0.739. The van der Waals surface area contributed by atoms with Crippen LogP contribution in [0.4, 0.5) is 0 Å². The third-order valence-corrected chi connectivity index (χ3v) is 12.3. The minimum absolute atomic E-state index is 0.00352. The Morgan fingerprint density at radius 2 is 1.59 bits per heavy atom. The number of phenolic OH excluding ortho intramolecular Hbond substituents is 2. The number of aliphatic hydroxyl groups is 1. The summed E-state index contributed by atoms with van der Waals surface area (Å²) in [7, 11) is 0. The largest absolute Gasteiger partial charge is 0.507 e. The Morgan fingerprint density at radius 1 is 0.818 bits per heavy atom. The van der Waals surface area contributed by atoms with E-state index in [9.17, 15) is 34.5 Å². The van der Waals surface area contributed by atoms with Gasteiger partial charge in [0.05, 0.1) is 30.7 Å². The van der Waals surface area contributed by atoms with Crippen LogP contribution in [0.3, 0.4) is 0 Å². The molecule has 3 heterocycles. The van der Waals surface area contributed by atoms with Gasteiger partial charge in [-0.2, -0.15) is 0 Å². The van der Waals surface area contributed by atoms with Gasteiger partial charge in [0.25, 0.3) is 11.8 Å². The van der Waals surface area contributed by atoms with Gasteiger partial charge < -0.3 is 45.3 Å². The number of carbonyl (C=O) groups is 3. The number of rotatable bonds is 18. The Labute approximate surface area is 382 Å².